The lowest BCUT2D eigenvalue weighted by Crippen LogP contribution is -2.62. The molecule has 1 aliphatic heterocycles. The van der Waals surface area contributed by atoms with E-state index in [1.807, 2.05) is 66.7 Å². The lowest BCUT2D eigenvalue weighted by Gasteiger charge is -2.45. The van der Waals surface area contributed by atoms with Crippen LogP contribution in [0.3, 0.4) is 0 Å². The second-order valence-electron chi connectivity index (χ2n) is 8.86. The molecule has 0 bridgehead atoms. The number of carbonyl (C=O) groups is 1. The largest absolute Gasteiger partial charge is 0.453 e. The Morgan fingerprint density at radius 3 is 2.03 bits per heavy atom. The summed E-state index contributed by atoms with van der Waals surface area (Å²) in [6.45, 7) is 4.84. The molecule has 1 heterocycles. The van der Waals surface area contributed by atoms with E-state index in [0.29, 0.717) is 12.2 Å². The summed E-state index contributed by atoms with van der Waals surface area (Å²) in [6.07, 6.45) is -2.07. The van der Waals surface area contributed by atoms with Crippen LogP contribution in [0.2, 0.25) is 0 Å². The minimum Gasteiger partial charge on any atom is -0.453 e. The molecule has 0 amide bonds. The number of esters is 1. The zero-order chi connectivity index (χ0) is 26.6. The molecule has 0 unspecified atom stereocenters. The highest BCUT2D eigenvalue weighted by atomic mass is 16.7. The molecular weight excluding hydrogens is 484 g/mol. The van der Waals surface area contributed by atoms with E-state index < -0.39 is 36.7 Å². The Labute approximate surface area is 223 Å². The van der Waals surface area contributed by atoms with Crippen molar-refractivity contribution in [3.8, 4) is 0 Å². The van der Waals surface area contributed by atoms with E-state index >= 15 is 0 Å². The highest BCUT2D eigenvalue weighted by molar-refractivity contribution is 5.89. The van der Waals surface area contributed by atoms with E-state index in [9.17, 15) is 4.79 Å². The van der Waals surface area contributed by atoms with Crippen molar-refractivity contribution in [2.24, 2.45) is 0 Å². The average Bonchev–Trinajstić information content (AvgIpc) is 2.97. The van der Waals surface area contributed by atoms with Gasteiger partial charge in [-0.3, -0.25) is 0 Å². The van der Waals surface area contributed by atoms with Gasteiger partial charge >= 0.3 is 5.97 Å². The molecule has 38 heavy (non-hydrogen) atoms. The van der Waals surface area contributed by atoms with Crippen molar-refractivity contribution in [2.75, 3.05) is 20.3 Å². The first-order chi connectivity index (χ1) is 18.7. The zero-order valence-corrected chi connectivity index (χ0v) is 21.5. The third-order valence-electron chi connectivity index (χ3n) is 6.16. The van der Waals surface area contributed by atoms with Crippen molar-refractivity contribution in [2.45, 2.75) is 43.9 Å². The fourth-order valence-electron chi connectivity index (χ4n) is 4.29. The highest BCUT2D eigenvalue weighted by Crippen LogP contribution is 2.30. The van der Waals surface area contributed by atoms with Gasteiger partial charge in [-0.2, -0.15) is 0 Å². The first kappa shape index (κ1) is 27.7. The maximum Gasteiger partial charge on any atom is 0.338 e. The molecule has 1 aliphatic rings. The van der Waals surface area contributed by atoms with Gasteiger partial charge in [0, 0.05) is 7.11 Å². The summed E-state index contributed by atoms with van der Waals surface area (Å²) in [5.41, 5.74) is 2.43. The fraction of sp³-hybridized carbons (Fsp3) is 0.323. The van der Waals surface area contributed by atoms with Crippen molar-refractivity contribution in [1.29, 1.82) is 0 Å². The smallest absolute Gasteiger partial charge is 0.338 e. The zero-order valence-electron chi connectivity index (χ0n) is 21.5. The number of methoxy groups -OCH3 is 1. The van der Waals surface area contributed by atoms with Crippen LogP contribution in [0, 0.1) is 0 Å². The Bertz CT molecular complexity index is 1110. The van der Waals surface area contributed by atoms with Gasteiger partial charge in [0.1, 0.15) is 18.3 Å². The molecule has 0 aliphatic carbocycles. The minimum atomic E-state index is -0.838. The van der Waals surface area contributed by atoms with Gasteiger partial charge in [0.15, 0.2) is 12.4 Å². The van der Waals surface area contributed by atoms with Crippen LogP contribution in [0.15, 0.2) is 104 Å². The van der Waals surface area contributed by atoms with Crippen molar-refractivity contribution in [3.05, 3.63) is 120 Å². The number of ether oxygens (including phenoxy) is 6. The fourth-order valence-corrected chi connectivity index (χ4v) is 4.29. The van der Waals surface area contributed by atoms with Gasteiger partial charge < -0.3 is 28.4 Å². The molecule has 0 radical (unpaired) electrons. The summed E-state index contributed by atoms with van der Waals surface area (Å²) in [7, 11) is 1.53. The maximum atomic E-state index is 13.2. The third kappa shape index (κ3) is 7.60. The molecule has 3 aromatic carbocycles. The van der Waals surface area contributed by atoms with Crippen LogP contribution in [-0.2, 0) is 41.6 Å². The molecule has 7 nitrogen and oxygen atoms in total. The van der Waals surface area contributed by atoms with Crippen molar-refractivity contribution in [3.63, 3.8) is 0 Å². The predicted octanol–water partition coefficient (Wildman–Crippen LogP) is 4.96. The lowest BCUT2D eigenvalue weighted by atomic mass is 9.98. The number of rotatable bonds is 13. The second kappa shape index (κ2) is 14.6. The van der Waals surface area contributed by atoms with Gasteiger partial charge in [0.2, 0.25) is 0 Å². The SMILES string of the molecule is C=CCO[C@H]1[C@@H](OC)O[C@H](COCc2ccccc2)[C@@H](OCc2ccccc2)[C@@H]1OC(=O)c1ccccc1. The highest BCUT2D eigenvalue weighted by Gasteiger charge is 2.50. The van der Waals surface area contributed by atoms with Crippen molar-refractivity contribution >= 4 is 5.97 Å². The third-order valence-corrected chi connectivity index (χ3v) is 6.16. The van der Waals surface area contributed by atoms with Crippen molar-refractivity contribution in [1.82, 2.24) is 0 Å². The molecule has 0 saturated carbocycles. The summed E-state index contributed by atoms with van der Waals surface area (Å²) in [5, 5.41) is 0. The van der Waals surface area contributed by atoms with E-state index in [2.05, 4.69) is 6.58 Å². The Hall–Kier alpha value is -3.33. The van der Waals surface area contributed by atoms with Crippen LogP contribution in [0.25, 0.3) is 0 Å². The molecule has 3 aromatic rings. The summed E-state index contributed by atoms with van der Waals surface area (Å²) in [5.74, 6) is -0.489. The van der Waals surface area contributed by atoms with Gasteiger partial charge in [-0.05, 0) is 23.3 Å². The van der Waals surface area contributed by atoms with Gasteiger partial charge in [-0.25, -0.2) is 4.79 Å². The summed E-state index contributed by atoms with van der Waals surface area (Å²) in [4.78, 5) is 13.2. The first-order valence-electron chi connectivity index (χ1n) is 12.6. The average molecular weight is 519 g/mol. The number of benzene rings is 3. The molecule has 7 heteroatoms. The normalized spacial score (nSPS) is 23.0. The first-order valence-corrected chi connectivity index (χ1v) is 12.6. The number of carbonyl (C=O) groups excluding carboxylic acids is 1. The molecule has 4 rings (SSSR count). The molecule has 0 aromatic heterocycles. The van der Waals surface area contributed by atoms with Crippen LogP contribution in [0.1, 0.15) is 21.5 Å². The van der Waals surface area contributed by atoms with E-state index in [1.54, 1.807) is 30.3 Å². The van der Waals surface area contributed by atoms with E-state index in [-0.39, 0.29) is 19.8 Å². The Balaban J connectivity index is 1.59. The van der Waals surface area contributed by atoms with Crippen LogP contribution < -0.4 is 0 Å². The Morgan fingerprint density at radius 2 is 1.42 bits per heavy atom. The molecule has 0 spiro atoms. The molecule has 0 N–H and O–H groups in total. The van der Waals surface area contributed by atoms with E-state index in [4.69, 9.17) is 28.4 Å². The predicted molar refractivity (Wildman–Crippen MR) is 142 cm³/mol. The molecule has 200 valence electrons. The van der Waals surface area contributed by atoms with Crippen LogP contribution in [0.4, 0.5) is 0 Å². The summed E-state index contributed by atoms with van der Waals surface area (Å²) < 4.78 is 36.4. The van der Waals surface area contributed by atoms with Gasteiger partial charge in [0.05, 0.1) is 32.0 Å². The lowest BCUT2D eigenvalue weighted by molar-refractivity contribution is -0.311. The quantitative estimate of drug-likeness (QED) is 0.234. The standard InChI is InChI=1S/C31H34O7/c1-3-19-35-29-28(38-30(32)25-17-11-6-12-18-25)27(36-21-24-15-9-5-10-16-24)26(37-31(29)33-2)22-34-20-23-13-7-4-8-14-23/h3-18,26-29,31H,1,19-22H2,2H3/t26-,27-,28+,29-,31+/m1/s1. The van der Waals surface area contributed by atoms with Crippen LogP contribution in [0.5, 0.6) is 0 Å². The molecular formula is C31H34O7. The van der Waals surface area contributed by atoms with E-state index in [0.717, 1.165) is 11.1 Å². The molecule has 1 saturated heterocycles. The van der Waals surface area contributed by atoms with E-state index in [1.165, 1.54) is 7.11 Å². The number of hydrogen-bond donors (Lipinski definition) is 0. The minimum absolute atomic E-state index is 0.196. The maximum absolute atomic E-state index is 13.2. The van der Waals surface area contributed by atoms with Crippen LogP contribution in [-0.4, -0.2) is 57.0 Å². The monoisotopic (exact) mass is 518 g/mol. The molecule has 1 fully saturated rings. The Morgan fingerprint density at radius 1 is 0.816 bits per heavy atom. The summed E-state index contributed by atoms with van der Waals surface area (Å²) >= 11 is 0. The summed E-state index contributed by atoms with van der Waals surface area (Å²) in [6, 6.07) is 28.5. The molecule has 5 atom stereocenters. The van der Waals surface area contributed by atoms with Gasteiger partial charge in [0.25, 0.3) is 0 Å². The topological polar surface area (TPSA) is 72.5 Å². The van der Waals surface area contributed by atoms with Gasteiger partial charge in [-0.15, -0.1) is 6.58 Å². The Kier molecular flexibility index (Phi) is 10.6. The van der Waals surface area contributed by atoms with Crippen LogP contribution >= 0.6 is 0 Å². The van der Waals surface area contributed by atoms with Crippen molar-refractivity contribution < 1.29 is 33.2 Å². The second-order valence-corrected chi connectivity index (χ2v) is 8.86. The van der Waals surface area contributed by atoms with Gasteiger partial charge in [-0.1, -0.05) is 84.9 Å². The number of hydrogen-bond acceptors (Lipinski definition) is 7.